The van der Waals surface area contributed by atoms with Crippen LogP contribution in [0.1, 0.15) is 15.9 Å². The molecule has 126 valence electrons. The monoisotopic (exact) mass is 344 g/mol. The van der Waals surface area contributed by atoms with E-state index < -0.39 is 10.0 Å². The molecule has 0 atom stereocenters. The van der Waals surface area contributed by atoms with Crippen molar-refractivity contribution in [1.82, 2.24) is 9.21 Å². The highest BCUT2D eigenvalue weighted by atomic mass is 32.2. The van der Waals surface area contributed by atoms with Crippen molar-refractivity contribution in [2.45, 2.75) is 11.4 Å². The van der Waals surface area contributed by atoms with Crippen molar-refractivity contribution in [3.63, 3.8) is 0 Å². The molecule has 2 aromatic rings. The molecule has 0 amide bonds. The van der Waals surface area contributed by atoms with Crippen LogP contribution < -0.4 is 0 Å². The Morgan fingerprint density at radius 2 is 1.50 bits per heavy atom. The van der Waals surface area contributed by atoms with Gasteiger partial charge in [-0.3, -0.25) is 9.69 Å². The molecule has 0 spiro atoms. The van der Waals surface area contributed by atoms with Crippen LogP contribution in [0, 0.1) is 0 Å². The largest absolute Gasteiger partial charge is 0.298 e. The summed E-state index contributed by atoms with van der Waals surface area (Å²) in [4.78, 5) is 13.2. The maximum Gasteiger partial charge on any atom is 0.243 e. The first kappa shape index (κ1) is 16.8. The molecule has 0 N–H and O–H groups in total. The first-order chi connectivity index (χ1) is 11.6. The zero-order chi connectivity index (χ0) is 17.0. The smallest absolute Gasteiger partial charge is 0.243 e. The molecule has 1 aliphatic heterocycles. The number of hydrogen-bond donors (Lipinski definition) is 0. The second-order valence-electron chi connectivity index (χ2n) is 5.85. The summed E-state index contributed by atoms with van der Waals surface area (Å²) in [6.45, 7) is 3.21. The van der Waals surface area contributed by atoms with E-state index in [1.165, 1.54) is 34.1 Å². The van der Waals surface area contributed by atoms with Crippen molar-refractivity contribution in [2.75, 3.05) is 26.2 Å². The third-order valence-corrected chi connectivity index (χ3v) is 6.15. The van der Waals surface area contributed by atoms with Gasteiger partial charge in [-0.1, -0.05) is 42.5 Å². The summed E-state index contributed by atoms with van der Waals surface area (Å²) in [5.74, 6) is 0. The maximum absolute atomic E-state index is 12.7. The van der Waals surface area contributed by atoms with Crippen LogP contribution in [0.4, 0.5) is 0 Å². The van der Waals surface area contributed by atoms with Gasteiger partial charge in [0.1, 0.15) is 6.29 Å². The van der Waals surface area contributed by atoms with E-state index in [1.807, 2.05) is 18.2 Å². The number of nitrogens with zero attached hydrogens (tertiary/aromatic N) is 2. The Hall–Kier alpha value is -2.02. The fourth-order valence-corrected chi connectivity index (χ4v) is 4.26. The Morgan fingerprint density at radius 3 is 2.08 bits per heavy atom. The van der Waals surface area contributed by atoms with Gasteiger partial charge in [0, 0.05) is 38.3 Å². The standard InChI is InChI=1S/C18H20N2O3S/c21-15-17-6-8-18(9-7-17)24(22,23)20-12-10-19(11-13-20)14-16-4-2-1-3-5-16/h1-9,15H,10-14H2. The van der Waals surface area contributed by atoms with Gasteiger partial charge in [-0.15, -0.1) is 0 Å². The SMILES string of the molecule is O=Cc1ccc(S(=O)(=O)N2CCN(Cc3ccccc3)CC2)cc1. The fraction of sp³-hybridized carbons (Fsp3) is 0.278. The Balaban J connectivity index is 1.63. The lowest BCUT2D eigenvalue weighted by Gasteiger charge is -2.34. The molecule has 0 saturated carbocycles. The van der Waals surface area contributed by atoms with Crippen molar-refractivity contribution < 1.29 is 13.2 Å². The van der Waals surface area contributed by atoms with E-state index in [0.717, 1.165) is 6.54 Å². The van der Waals surface area contributed by atoms with E-state index in [-0.39, 0.29) is 4.90 Å². The lowest BCUT2D eigenvalue weighted by atomic mass is 10.2. The number of aldehydes is 1. The van der Waals surface area contributed by atoms with Gasteiger partial charge in [0.15, 0.2) is 0 Å². The third-order valence-electron chi connectivity index (χ3n) is 4.23. The third kappa shape index (κ3) is 3.72. The number of piperazine rings is 1. The fourth-order valence-electron chi connectivity index (χ4n) is 2.84. The highest BCUT2D eigenvalue weighted by molar-refractivity contribution is 7.89. The lowest BCUT2D eigenvalue weighted by molar-refractivity contribution is 0.112. The molecule has 2 aromatic carbocycles. The van der Waals surface area contributed by atoms with Crippen molar-refractivity contribution in [2.24, 2.45) is 0 Å². The highest BCUT2D eigenvalue weighted by Gasteiger charge is 2.28. The van der Waals surface area contributed by atoms with Gasteiger partial charge in [0.05, 0.1) is 4.90 Å². The van der Waals surface area contributed by atoms with Gasteiger partial charge in [-0.25, -0.2) is 8.42 Å². The predicted molar refractivity (Wildman–Crippen MR) is 92.3 cm³/mol. The first-order valence-corrected chi connectivity index (χ1v) is 9.35. The van der Waals surface area contributed by atoms with Crippen molar-refractivity contribution in [1.29, 1.82) is 0 Å². The van der Waals surface area contributed by atoms with E-state index in [1.54, 1.807) is 0 Å². The molecule has 6 heteroatoms. The molecule has 24 heavy (non-hydrogen) atoms. The average Bonchev–Trinajstić information content (AvgIpc) is 2.63. The minimum absolute atomic E-state index is 0.240. The number of hydrogen-bond acceptors (Lipinski definition) is 4. The molecule has 1 fully saturated rings. The van der Waals surface area contributed by atoms with E-state index in [9.17, 15) is 13.2 Å². The van der Waals surface area contributed by atoms with Crippen molar-refractivity contribution in [3.05, 3.63) is 65.7 Å². The molecule has 0 aromatic heterocycles. The maximum atomic E-state index is 12.7. The predicted octanol–water partition coefficient (Wildman–Crippen LogP) is 2.01. The molecule has 5 nitrogen and oxygen atoms in total. The summed E-state index contributed by atoms with van der Waals surface area (Å²) in [6, 6.07) is 16.2. The summed E-state index contributed by atoms with van der Waals surface area (Å²) in [5, 5.41) is 0. The van der Waals surface area contributed by atoms with Crippen LogP contribution in [0.25, 0.3) is 0 Å². The van der Waals surface area contributed by atoms with Crippen LogP contribution in [0.15, 0.2) is 59.5 Å². The molecule has 0 unspecified atom stereocenters. The van der Waals surface area contributed by atoms with Gasteiger partial charge >= 0.3 is 0 Å². The van der Waals surface area contributed by atoms with E-state index in [0.29, 0.717) is 38.0 Å². The number of carbonyl (C=O) groups is 1. The van der Waals surface area contributed by atoms with Crippen LogP contribution in [-0.4, -0.2) is 50.1 Å². The van der Waals surface area contributed by atoms with Crippen molar-refractivity contribution >= 4 is 16.3 Å². The second kappa shape index (κ2) is 7.25. The summed E-state index contributed by atoms with van der Waals surface area (Å²) < 4.78 is 26.9. The van der Waals surface area contributed by atoms with Gasteiger partial charge in [-0.2, -0.15) is 4.31 Å². The molecule has 1 heterocycles. The first-order valence-electron chi connectivity index (χ1n) is 7.91. The Labute approximate surface area is 142 Å². The van der Waals surface area contributed by atoms with Crippen molar-refractivity contribution in [3.8, 4) is 0 Å². The zero-order valence-corrected chi connectivity index (χ0v) is 14.2. The van der Waals surface area contributed by atoms with Crippen LogP contribution in [0.2, 0.25) is 0 Å². The number of carbonyl (C=O) groups excluding carboxylic acids is 1. The van der Waals surface area contributed by atoms with Gasteiger partial charge in [0.2, 0.25) is 10.0 Å². The number of rotatable bonds is 5. The van der Waals surface area contributed by atoms with E-state index >= 15 is 0 Å². The summed E-state index contributed by atoms with van der Waals surface area (Å²) in [7, 11) is -3.49. The topological polar surface area (TPSA) is 57.7 Å². The Morgan fingerprint density at radius 1 is 0.875 bits per heavy atom. The summed E-state index contributed by atoms with van der Waals surface area (Å²) in [6.07, 6.45) is 0.707. The molecule has 3 rings (SSSR count). The molecule has 1 aliphatic rings. The molecule has 0 aliphatic carbocycles. The molecule has 1 saturated heterocycles. The second-order valence-corrected chi connectivity index (χ2v) is 7.79. The van der Waals surface area contributed by atoms with E-state index in [2.05, 4.69) is 17.0 Å². The highest BCUT2D eigenvalue weighted by Crippen LogP contribution is 2.18. The van der Waals surface area contributed by atoms with Crippen LogP contribution in [0.5, 0.6) is 0 Å². The summed E-state index contributed by atoms with van der Waals surface area (Å²) >= 11 is 0. The molecular formula is C18H20N2O3S. The van der Waals surface area contributed by atoms with E-state index in [4.69, 9.17) is 0 Å². The Bertz CT molecular complexity index is 781. The number of sulfonamides is 1. The zero-order valence-electron chi connectivity index (χ0n) is 13.3. The molecular weight excluding hydrogens is 324 g/mol. The minimum Gasteiger partial charge on any atom is -0.298 e. The summed E-state index contributed by atoms with van der Waals surface area (Å²) in [5.41, 5.74) is 1.71. The van der Waals surface area contributed by atoms with Gasteiger partial charge < -0.3 is 0 Å². The van der Waals surface area contributed by atoms with Crippen LogP contribution in [-0.2, 0) is 16.6 Å². The van der Waals surface area contributed by atoms with Crippen LogP contribution in [0.3, 0.4) is 0 Å². The van der Waals surface area contributed by atoms with Gasteiger partial charge in [-0.05, 0) is 17.7 Å². The lowest BCUT2D eigenvalue weighted by Crippen LogP contribution is -2.48. The number of benzene rings is 2. The minimum atomic E-state index is -3.49. The molecule has 0 bridgehead atoms. The van der Waals surface area contributed by atoms with Crippen LogP contribution >= 0.6 is 0 Å². The average molecular weight is 344 g/mol. The molecule has 0 radical (unpaired) electrons. The quantitative estimate of drug-likeness (QED) is 0.779. The van der Waals surface area contributed by atoms with Gasteiger partial charge in [0.25, 0.3) is 0 Å². The Kier molecular flexibility index (Phi) is 5.08. The normalized spacial score (nSPS) is 16.8.